The summed E-state index contributed by atoms with van der Waals surface area (Å²) in [7, 11) is 1.29. The number of hydrogen-bond donors (Lipinski definition) is 0. The number of esters is 1. The lowest BCUT2D eigenvalue weighted by molar-refractivity contribution is -0.144. The Morgan fingerprint density at radius 1 is 1.45 bits per heavy atom. The third kappa shape index (κ3) is 0.768. The van der Waals surface area contributed by atoms with Gasteiger partial charge in [-0.15, -0.1) is 0 Å². The molecule has 60 valence electrons. The van der Waals surface area contributed by atoms with Crippen molar-refractivity contribution in [3.63, 3.8) is 0 Å². The Hall–Kier alpha value is -1.26. The van der Waals surface area contributed by atoms with Crippen LogP contribution in [0.4, 0.5) is 4.79 Å². The van der Waals surface area contributed by atoms with Crippen molar-refractivity contribution in [2.75, 3.05) is 7.11 Å². The second-order valence-electron chi connectivity index (χ2n) is 2.46. The first-order valence-corrected chi connectivity index (χ1v) is 3.19. The molecule has 2 rings (SSSR count). The molecule has 2 unspecified atom stereocenters. The number of hydrogen-bond acceptors (Lipinski definition) is 5. The van der Waals surface area contributed by atoms with Crippen LogP contribution in [0.5, 0.6) is 0 Å². The number of fused-ring (bicyclic) bond motifs is 1. The maximum absolute atomic E-state index is 10.8. The van der Waals surface area contributed by atoms with Gasteiger partial charge in [0, 0.05) is 0 Å². The second kappa shape index (κ2) is 1.87. The number of ether oxygens (including phenoxy) is 3. The average molecular weight is 158 g/mol. The second-order valence-corrected chi connectivity index (χ2v) is 2.46. The van der Waals surface area contributed by atoms with Gasteiger partial charge in [0.1, 0.15) is 5.92 Å². The topological polar surface area (TPSA) is 61.8 Å². The molecule has 0 aromatic carbocycles. The maximum Gasteiger partial charge on any atom is 0.509 e. The Labute approximate surface area is 62.2 Å². The van der Waals surface area contributed by atoms with E-state index in [4.69, 9.17) is 0 Å². The van der Waals surface area contributed by atoms with Crippen molar-refractivity contribution in [3.05, 3.63) is 0 Å². The molecule has 2 atom stereocenters. The van der Waals surface area contributed by atoms with E-state index in [2.05, 4.69) is 14.2 Å². The van der Waals surface area contributed by atoms with Crippen molar-refractivity contribution >= 4 is 12.1 Å². The third-order valence-electron chi connectivity index (χ3n) is 1.83. The number of rotatable bonds is 1. The van der Waals surface area contributed by atoms with Crippen LogP contribution < -0.4 is 0 Å². The van der Waals surface area contributed by atoms with Crippen LogP contribution >= 0.6 is 0 Å². The zero-order valence-corrected chi connectivity index (χ0v) is 5.77. The number of carbonyl (C=O) groups is 2. The highest BCUT2D eigenvalue weighted by Crippen LogP contribution is 2.43. The van der Waals surface area contributed by atoms with Crippen LogP contribution in [0.2, 0.25) is 0 Å². The van der Waals surface area contributed by atoms with Gasteiger partial charge in [0.25, 0.3) is 0 Å². The van der Waals surface area contributed by atoms with Gasteiger partial charge in [-0.1, -0.05) is 0 Å². The van der Waals surface area contributed by atoms with E-state index in [1.165, 1.54) is 7.11 Å². The highest BCUT2D eigenvalue weighted by Gasteiger charge is 2.66. The first-order valence-electron chi connectivity index (χ1n) is 3.19. The van der Waals surface area contributed by atoms with Gasteiger partial charge in [-0.05, 0) is 0 Å². The Balaban J connectivity index is 1.97. The normalized spacial score (nSPS) is 38.6. The molecule has 0 radical (unpaired) electrons. The van der Waals surface area contributed by atoms with E-state index in [9.17, 15) is 9.59 Å². The summed E-state index contributed by atoms with van der Waals surface area (Å²) in [5, 5.41) is 0. The number of methoxy groups -OCH3 is 1. The highest BCUT2D eigenvalue weighted by atomic mass is 16.8. The van der Waals surface area contributed by atoms with Crippen LogP contribution in [0.1, 0.15) is 0 Å². The Bertz CT molecular complexity index is 209. The van der Waals surface area contributed by atoms with Gasteiger partial charge in [0.05, 0.1) is 7.11 Å². The molecule has 11 heavy (non-hydrogen) atoms. The Morgan fingerprint density at radius 3 is 2.45 bits per heavy atom. The van der Waals surface area contributed by atoms with E-state index < -0.39 is 24.3 Å². The van der Waals surface area contributed by atoms with Gasteiger partial charge in [0.2, 0.25) is 0 Å². The minimum absolute atomic E-state index is 0.382. The van der Waals surface area contributed by atoms with Crippen LogP contribution in [0, 0.1) is 5.92 Å². The van der Waals surface area contributed by atoms with Gasteiger partial charge in [-0.3, -0.25) is 4.79 Å². The Morgan fingerprint density at radius 2 is 2.00 bits per heavy atom. The molecule has 2 fully saturated rings. The van der Waals surface area contributed by atoms with E-state index in [1.807, 2.05) is 0 Å². The van der Waals surface area contributed by atoms with Crippen molar-refractivity contribution in [2.24, 2.45) is 5.92 Å². The molecule has 5 nitrogen and oxygen atoms in total. The van der Waals surface area contributed by atoms with Gasteiger partial charge < -0.3 is 14.2 Å². The molecule has 1 aliphatic carbocycles. The molecule has 5 heteroatoms. The lowest BCUT2D eigenvalue weighted by Crippen LogP contribution is -2.14. The quantitative estimate of drug-likeness (QED) is 0.490. The molecule has 0 N–H and O–H groups in total. The van der Waals surface area contributed by atoms with Crippen LogP contribution in [0.3, 0.4) is 0 Å². The van der Waals surface area contributed by atoms with Gasteiger partial charge in [0.15, 0.2) is 12.2 Å². The van der Waals surface area contributed by atoms with Crippen molar-refractivity contribution in [1.82, 2.24) is 0 Å². The molecule has 1 aliphatic heterocycles. The fourth-order valence-electron chi connectivity index (χ4n) is 1.19. The highest BCUT2D eigenvalue weighted by molar-refractivity contribution is 5.81. The SMILES string of the molecule is COC(=O)C1C2OC(=O)OC21. The summed E-state index contributed by atoms with van der Waals surface area (Å²) < 4.78 is 13.7. The van der Waals surface area contributed by atoms with Crippen LogP contribution in [-0.4, -0.2) is 31.4 Å². The zero-order valence-electron chi connectivity index (χ0n) is 5.77. The predicted molar refractivity (Wildman–Crippen MR) is 30.6 cm³/mol. The van der Waals surface area contributed by atoms with Gasteiger partial charge in [-0.25, -0.2) is 4.79 Å². The summed E-state index contributed by atoms with van der Waals surface area (Å²) in [6, 6.07) is 0. The van der Waals surface area contributed by atoms with Crippen molar-refractivity contribution < 1.29 is 23.8 Å². The summed E-state index contributed by atoms with van der Waals surface area (Å²) in [5.41, 5.74) is 0. The van der Waals surface area contributed by atoms with E-state index in [1.54, 1.807) is 0 Å². The van der Waals surface area contributed by atoms with E-state index in [0.717, 1.165) is 0 Å². The summed E-state index contributed by atoms with van der Waals surface area (Å²) >= 11 is 0. The summed E-state index contributed by atoms with van der Waals surface area (Å²) in [5.74, 6) is -0.773. The third-order valence-corrected chi connectivity index (χ3v) is 1.83. The Kier molecular flexibility index (Phi) is 1.10. The van der Waals surface area contributed by atoms with Crippen molar-refractivity contribution in [1.29, 1.82) is 0 Å². The minimum atomic E-state index is -0.694. The standard InChI is InChI=1S/C6H6O5/c1-9-5(7)2-3-4(2)11-6(8)10-3/h2-4H,1H3. The molecular formula is C6H6O5. The summed E-state index contributed by atoms with van der Waals surface area (Å²) in [6.45, 7) is 0. The number of carbonyl (C=O) groups excluding carboxylic acids is 2. The summed E-state index contributed by atoms with van der Waals surface area (Å²) in [6.07, 6.45) is -1.48. The van der Waals surface area contributed by atoms with Crippen molar-refractivity contribution in [3.8, 4) is 0 Å². The zero-order chi connectivity index (χ0) is 8.01. The van der Waals surface area contributed by atoms with E-state index in [0.29, 0.717) is 0 Å². The van der Waals surface area contributed by atoms with Crippen LogP contribution in [0.25, 0.3) is 0 Å². The molecule has 0 aromatic heterocycles. The van der Waals surface area contributed by atoms with Crippen molar-refractivity contribution in [2.45, 2.75) is 12.2 Å². The molecule has 0 amide bonds. The molecule has 1 saturated heterocycles. The fourth-order valence-corrected chi connectivity index (χ4v) is 1.19. The largest absolute Gasteiger partial charge is 0.509 e. The lowest BCUT2D eigenvalue weighted by Gasteiger charge is -1.99. The van der Waals surface area contributed by atoms with E-state index >= 15 is 0 Å². The minimum Gasteiger partial charge on any atom is -0.469 e. The maximum atomic E-state index is 10.8. The molecule has 1 saturated carbocycles. The average Bonchev–Trinajstić information content (AvgIpc) is 2.48. The molecular weight excluding hydrogens is 152 g/mol. The van der Waals surface area contributed by atoms with Crippen LogP contribution in [0.15, 0.2) is 0 Å². The van der Waals surface area contributed by atoms with Gasteiger partial charge >= 0.3 is 12.1 Å². The van der Waals surface area contributed by atoms with Crippen LogP contribution in [-0.2, 0) is 19.0 Å². The van der Waals surface area contributed by atoms with Gasteiger partial charge in [-0.2, -0.15) is 0 Å². The molecule has 0 spiro atoms. The fraction of sp³-hybridized carbons (Fsp3) is 0.667. The molecule has 0 bridgehead atoms. The smallest absolute Gasteiger partial charge is 0.469 e. The monoisotopic (exact) mass is 158 g/mol. The molecule has 0 aromatic rings. The van der Waals surface area contributed by atoms with E-state index in [-0.39, 0.29) is 5.97 Å². The lowest BCUT2D eigenvalue weighted by atomic mass is 10.4. The first kappa shape index (κ1) is 6.45. The predicted octanol–water partition coefficient (Wildman–Crippen LogP) is -0.307. The summed E-state index contributed by atoms with van der Waals surface area (Å²) in [4.78, 5) is 21.1. The molecule has 2 aliphatic rings. The molecule has 1 heterocycles. The first-order chi connectivity index (χ1) is 5.24.